The summed E-state index contributed by atoms with van der Waals surface area (Å²) < 4.78 is 6.72. The van der Waals surface area contributed by atoms with E-state index in [0.29, 0.717) is 16.6 Å². The van der Waals surface area contributed by atoms with Crippen LogP contribution in [0.15, 0.2) is 18.3 Å². The second kappa shape index (κ2) is 7.17. The molecule has 0 saturated carbocycles. The van der Waals surface area contributed by atoms with Gasteiger partial charge >= 0.3 is 5.97 Å². The number of benzene rings is 1. The molecule has 1 aromatic carbocycles. The average Bonchev–Trinajstić information content (AvgIpc) is 3.01. The number of hydrogen-bond acceptors (Lipinski definition) is 10. The van der Waals surface area contributed by atoms with E-state index in [1.54, 1.807) is 23.9 Å². The lowest BCUT2D eigenvalue weighted by molar-refractivity contribution is -0.287. The molecule has 29 heavy (non-hydrogen) atoms. The number of aromatic nitrogens is 4. The van der Waals surface area contributed by atoms with Gasteiger partial charge in [0.15, 0.2) is 6.10 Å². The van der Waals surface area contributed by atoms with Crippen LogP contribution in [-0.4, -0.2) is 76.6 Å². The summed E-state index contributed by atoms with van der Waals surface area (Å²) in [6.07, 6.45) is -6.92. The lowest BCUT2D eigenvalue weighted by atomic mass is 9.99. The zero-order valence-corrected chi connectivity index (χ0v) is 15.4. The number of carbonyl (C=O) groups is 1. The summed E-state index contributed by atoms with van der Waals surface area (Å²) in [6, 6.07) is 3.62. The smallest absolute Gasteiger partial charge is 0.335 e. The molecule has 12 nitrogen and oxygen atoms in total. The van der Waals surface area contributed by atoms with Crippen LogP contribution in [0.3, 0.4) is 0 Å². The van der Waals surface area contributed by atoms with Gasteiger partial charge in [-0.3, -0.25) is 4.98 Å². The van der Waals surface area contributed by atoms with E-state index >= 15 is 0 Å². The molecule has 0 spiro atoms. The Hall–Kier alpha value is -2.90. The summed E-state index contributed by atoms with van der Waals surface area (Å²) in [6.45, 7) is 1.82. The Labute approximate surface area is 163 Å². The minimum atomic E-state index is -1.80. The second-order valence-corrected chi connectivity index (χ2v) is 6.76. The van der Waals surface area contributed by atoms with Crippen molar-refractivity contribution >= 4 is 34.0 Å². The molecule has 0 bridgehead atoms. The van der Waals surface area contributed by atoms with Crippen molar-refractivity contribution in [3.8, 4) is 0 Å². The zero-order chi connectivity index (χ0) is 20.9. The highest BCUT2D eigenvalue weighted by Gasteiger charge is 2.48. The number of carboxylic acid groups (broad SMARTS) is 1. The third-order valence-electron chi connectivity index (χ3n) is 4.76. The molecule has 1 fully saturated rings. The molecule has 3 heterocycles. The zero-order valence-electron chi connectivity index (χ0n) is 15.4. The predicted molar refractivity (Wildman–Crippen MR) is 97.6 cm³/mol. The number of anilines is 1. The van der Waals surface area contributed by atoms with Crippen molar-refractivity contribution in [2.75, 3.05) is 5.48 Å². The molecule has 0 radical (unpaired) electrons. The van der Waals surface area contributed by atoms with Crippen LogP contribution >= 0.6 is 0 Å². The molecular formula is C17H19N5O7. The molecule has 154 valence electrons. The number of carboxylic acids is 1. The van der Waals surface area contributed by atoms with Crippen LogP contribution in [0, 0.1) is 6.92 Å². The summed E-state index contributed by atoms with van der Waals surface area (Å²) in [7, 11) is 1.72. The highest BCUT2D eigenvalue weighted by molar-refractivity contribution is 6.01. The number of nitrogens with one attached hydrogen (secondary N) is 1. The molecular weight excluding hydrogens is 386 g/mol. The molecule has 5 N–H and O–H groups in total. The van der Waals surface area contributed by atoms with Gasteiger partial charge in [-0.25, -0.2) is 25.1 Å². The van der Waals surface area contributed by atoms with Crippen LogP contribution < -0.4 is 5.48 Å². The van der Waals surface area contributed by atoms with Crippen molar-refractivity contribution in [2.24, 2.45) is 7.05 Å². The quantitative estimate of drug-likeness (QED) is 0.339. The Morgan fingerprint density at radius 2 is 1.93 bits per heavy atom. The topological polar surface area (TPSA) is 172 Å². The molecule has 0 amide bonds. The van der Waals surface area contributed by atoms with E-state index in [9.17, 15) is 20.1 Å². The Kier molecular flexibility index (Phi) is 4.80. The van der Waals surface area contributed by atoms with Gasteiger partial charge in [0.1, 0.15) is 29.3 Å². The molecule has 12 heteroatoms. The summed E-state index contributed by atoms with van der Waals surface area (Å²) in [5.41, 5.74) is 5.80. The number of aryl methyl sites for hydroxylation is 2. The Morgan fingerprint density at radius 3 is 2.66 bits per heavy atom. The van der Waals surface area contributed by atoms with E-state index in [1.165, 1.54) is 0 Å². The maximum Gasteiger partial charge on any atom is 0.335 e. The monoisotopic (exact) mass is 405 g/mol. The molecule has 1 aliphatic heterocycles. The lowest BCUT2D eigenvalue weighted by Gasteiger charge is -2.37. The van der Waals surface area contributed by atoms with Gasteiger partial charge in [0.2, 0.25) is 12.2 Å². The standard InChI is InChI=1S/C17H19N5O7/c1-6-5-18-7-3-4-8-10(9(7)19-6)20-17(22(8)2)21-29-16-13(25)11(23)12(24)14(28-16)15(26)27/h3-5,11-14,16,23-25H,1-2H3,(H,20,21)(H,26,27)/t11-,12-,13+,14-,16-/m0/s1. The summed E-state index contributed by atoms with van der Waals surface area (Å²) >= 11 is 0. The summed E-state index contributed by atoms with van der Waals surface area (Å²) in [4.78, 5) is 29.7. The van der Waals surface area contributed by atoms with Crippen molar-refractivity contribution < 1.29 is 34.8 Å². The molecule has 5 atom stereocenters. The molecule has 0 unspecified atom stereocenters. The highest BCUT2D eigenvalue weighted by atomic mass is 16.8. The maximum absolute atomic E-state index is 11.2. The molecule has 4 rings (SSSR count). The first-order valence-electron chi connectivity index (χ1n) is 8.71. The minimum Gasteiger partial charge on any atom is -0.479 e. The molecule has 3 aromatic rings. The molecule has 1 saturated heterocycles. The highest BCUT2D eigenvalue weighted by Crippen LogP contribution is 2.26. The van der Waals surface area contributed by atoms with Crippen LogP contribution in [-0.2, 0) is 21.4 Å². The van der Waals surface area contributed by atoms with Crippen molar-refractivity contribution in [1.29, 1.82) is 0 Å². The van der Waals surface area contributed by atoms with Crippen LogP contribution in [0.2, 0.25) is 0 Å². The largest absolute Gasteiger partial charge is 0.479 e. The normalized spacial score (nSPS) is 27.4. The van der Waals surface area contributed by atoms with Gasteiger partial charge in [-0.1, -0.05) is 0 Å². The molecule has 2 aromatic heterocycles. The van der Waals surface area contributed by atoms with Crippen LogP contribution in [0.4, 0.5) is 5.95 Å². The van der Waals surface area contributed by atoms with Crippen molar-refractivity contribution in [3.63, 3.8) is 0 Å². The fourth-order valence-corrected chi connectivity index (χ4v) is 3.17. The van der Waals surface area contributed by atoms with Gasteiger partial charge in [0.05, 0.1) is 16.7 Å². The van der Waals surface area contributed by atoms with E-state index in [1.807, 2.05) is 13.0 Å². The number of aliphatic carboxylic acids is 1. The second-order valence-electron chi connectivity index (χ2n) is 6.76. The van der Waals surface area contributed by atoms with E-state index < -0.39 is 36.7 Å². The third-order valence-corrected chi connectivity index (χ3v) is 4.76. The minimum absolute atomic E-state index is 0.221. The average molecular weight is 405 g/mol. The van der Waals surface area contributed by atoms with E-state index in [0.717, 1.165) is 11.2 Å². The van der Waals surface area contributed by atoms with Gasteiger partial charge in [0, 0.05) is 13.2 Å². The predicted octanol–water partition coefficient (Wildman–Crippen LogP) is -0.939. The van der Waals surface area contributed by atoms with Crippen molar-refractivity contribution in [2.45, 2.75) is 37.6 Å². The first-order chi connectivity index (χ1) is 13.8. The number of aliphatic hydroxyl groups is 3. The van der Waals surface area contributed by atoms with Gasteiger partial charge in [0.25, 0.3) is 0 Å². The van der Waals surface area contributed by atoms with Crippen molar-refractivity contribution in [1.82, 2.24) is 19.5 Å². The van der Waals surface area contributed by atoms with E-state index in [4.69, 9.17) is 14.7 Å². The number of aliphatic hydroxyl groups excluding tert-OH is 3. The summed E-state index contributed by atoms with van der Waals surface area (Å²) in [5, 5.41) is 38.7. The van der Waals surface area contributed by atoms with Gasteiger partial charge in [-0.15, -0.1) is 0 Å². The number of hydrogen-bond donors (Lipinski definition) is 5. The first-order valence-corrected chi connectivity index (χ1v) is 8.71. The Balaban J connectivity index is 1.61. The van der Waals surface area contributed by atoms with Gasteiger partial charge < -0.3 is 29.7 Å². The fourth-order valence-electron chi connectivity index (χ4n) is 3.17. The fraction of sp³-hybridized carbons (Fsp3) is 0.412. The van der Waals surface area contributed by atoms with E-state index in [2.05, 4.69) is 20.4 Å². The number of imidazole rings is 1. The SMILES string of the molecule is Cc1cnc2ccc3c(nc(NO[C@@H]4O[C@H](C(=O)O)[C@@H](O)[C@H](O)[C@H]4O)n3C)c2n1. The molecule has 1 aliphatic rings. The van der Waals surface area contributed by atoms with Gasteiger partial charge in [-0.05, 0) is 19.1 Å². The molecule has 0 aliphatic carbocycles. The number of nitrogens with zero attached hydrogens (tertiary/aromatic N) is 4. The first kappa shape index (κ1) is 19.4. The Bertz CT molecular complexity index is 1090. The van der Waals surface area contributed by atoms with Crippen LogP contribution in [0.25, 0.3) is 22.1 Å². The van der Waals surface area contributed by atoms with Crippen LogP contribution in [0.1, 0.15) is 5.69 Å². The number of ether oxygens (including phenoxy) is 1. The third kappa shape index (κ3) is 3.26. The number of fused-ring (bicyclic) bond motifs is 3. The lowest BCUT2D eigenvalue weighted by Crippen LogP contribution is -2.60. The summed E-state index contributed by atoms with van der Waals surface area (Å²) in [5.74, 6) is -1.28. The maximum atomic E-state index is 11.2. The number of rotatable bonds is 4. The van der Waals surface area contributed by atoms with E-state index in [-0.39, 0.29) is 5.95 Å². The Morgan fingerprint density at radius 1 is 1.17 bits per heavy atom. The van der Waals surface area contributed by atoms with Gasteiger partial charge in [-0.2, -0.15) is 0 Å². The van der Waals surface area contributed by atoms with Crippen LogP contribution in [0.5, 0.6) is 0 Å². The van der Waals surface area contributed by atoms with Crippen molar-refractivity contribution in [3.05, 3.63) is 24.0 Å².